The summed E-state index contributed by atoms with van der Waals surface area (Å²) in [5.74, 6) is 3.08. The van der Waals surface area contributed by atoms with Gasteiger partial charge in [0, 0.05) is 6.54 Å². The maximum absolute atomic E-state index is 5.66. The second-order valence-electron chi connectivity index (χ2n) is 4.56. The zero-order chi connectivity index (χ0) is 9.54. The van der Waals surface area contributed by atoms with Gasteiger partial charge in [-0.25, -0.2) is 4.68 Å². The lowest BCUT2D eigenvalue weighted by molar-refractivity contribution is 0.332. The summed E-state index contributed by atoms with van der Waals surface area (Å²) in [4.78, 5) is 0. The van der Waals surface area contributed by atoms with Gasteiger partial charge in [-0.05, 0) is 53.9 Å². The van der Waals surface area contributed by atoms with Crippen LogP contribution >= 0.6 is 0 Å². The molecular formula is C9H15N5. The van der Waals surface area contributed by atoms with Crippen molar-refractivity contribution in [3.8, 4) is 0 Å². The standard InChI is InChI=1S/C9H15N5/c10-9-11-12-13-14(9)5-8(6-1-2-6)7-3-4-7/h6-8H,1-5H2,(H2,10,11,13). The monoisotopic (exact) mass is 193 g/mol. The Balaban J connectivity index is 1.71. The number of hydrogen-bond donors (Lipinski definition) is 1. The summed E-state index contributed by atoms with van der Waals surface area (Å²) < 4.78 is 1.75. The van der Waals surface area contributed by atoms with E-state index in [1.54, 1.807) is 4.68 Å². The van der Waals surface area contributed by atoms with Crippen LogP contribution in [0.15, 0.2) is 0 Å². The van der Waals surface area contributed by atoms with Gasteiger partial charge in [0.2, 0.25) is 5.95 Å². The molecule has 3 rings (SSSR count). The summed E-state index contributed by atoms with van der Waals surface area (Å²) in [6.07, 6.45) is 5.57. The summed E-state index contributed by atoms with van der Waals surface area (Å²) in [5, 5.41) is 11.2. The van der Waals surface area contributed by atoms with Gasteiger partial charge in [-0.3, -0.25) is 0 Å². The summed E-state index contributed by atoms with van der Waals surface area (Å²) in [6, 6.07) is 0. The molecule has 0 aromatic carbocycles. The van der Waals surface area contributed by atoms with E-state index in [1.165, 1.54) is 25.7 Å². The largest absolute Gasteiger partial charge is 0.367 e. The van der Waals surface area contributed by atoms with Crippen molar-refractivity contribution in [3.05, 3.63) is 0 Å². The highest BCUT2D eigenvalue weighted by atomic mass is 15.6. The van der Waals surface area contributed by atoms with Crippen molar-refractivity contribution in [2.24, 2.45) is 17.8 Å². The molecule has 2 N–H and O–H groups in total. The Morgan fingerprint density at radius 2 is 1.93 bits per heavy atom. The van der Waals surface area contributed by atoms with E-state index in [9.17, 15) is 0 Å². The number of nitrogen functional groups attached to an aromatic ring is 1. The smallest absolute Gasteiger partial charge is 0.240 e. The molecule has 5 nitrogen and oxygen atoms in total. The lowest BCUT2D eigenvalue weighted by Gasteiger charge is -2.14. The molecule has 14 heavy (non-hydrogen) atoms. The van der Waals surface area contributed by atoms with Crippen LogP contribution in [0.3, 0.4) is 0 Å². The van der Waals surface area contributed by atoms with Crippen LogP contribution in [0.25, 0.3) is 0 Å². The highest BCUT2D eigenvalue weighted by Crippen LogP contribution is 2.49. The van der Waals surface area contributed by atoms with Crippen molar-refractivity contribution >= 4 is 5.95 Å². The average Bonchev–Trinajstić information content (AvgIpc) is 3.05. The maximum Gasteiger partial charge on any atom is 0.240 e. The zero-order valence-electron chi connectivity index (χ0n) is 8.13. The van der Waals surface area contributed by atoms with E-state index in [1.807, 2.05) is 0 Å². The topological polar surface area (TPSA) is 69.6 Å². The Labute approximate surface area is 82.7 Å². The van der Waals surface area contributed by atoms with E-state index in [-0.39, 0.29) is 0 Å². The molecule has 2 aliphatic carbocycles. The number of nitrogens with zero attached hydrogens (tertiary/aromatic N) is 4. The lowest BCUT2D eigenvalue weighted by Crippen LogP contribution is -2.17. The van der Waals surface area contributed by atoms with Gasteiger partial charge in [0.1, 0.15) is 0 Å². The van der Waals surface area contributed by atoms with Crippen LogP contribution in [0.5, 0.6) is 0 Å². The second kappa shape index (κ2) is 2.93. The summed E-state index contributed by atoms with van der Waals surface area (Å²) in [7, 11) is 0. The Kier molecular flexibility index (Phi) is 1.72. The highest BCUT2D eigenvalue weighted by Gasteiger charge is 2.41. The van der Waals surface area contributed by atoms with E-state index < -0.39 is 0 Å². The quantitative estimate of drug-likeness (QED) is 0.763. The molecule has 76 valence electrons. The third-order valence-electron chi connectivity index (χ3n) is 3.40. The summed E-state index contributed by atoms with van der Waals surface area (Å²) in [5.41, 5.74) is 5.66. The summed E-state index contributed by atoms with van der Waals surface area (Å²) >= 11 is 0. The number of tetrazole rings is 1. The van der Waals surface area contributed by atoms with Gasteiger partial charge in [-0.15, -0.1) is 0 Å². The Morgan fingerprint density at radius 1 is 1.29 bits per heavy atom. The third kappa shape index (κ3) is 1.47. The van der Waals surface area contributed by atoms with Crippen LogP contribution in [0, 0.1) is 17.8 Å². The zero-order valence-corrected chi connectivity index (χ0v) is 8.13. The van der Waals surface area contributed by atoms with Gasteiger partial charge in [0.25, 0.3) is 0 Å². The van der Waals surface area contributed by atoms with Gasteiger partial charge in [0.05, 0.1) is 0 Å². The molecule has 1 aromatic rings. The van der Waals surface area contributed by atoms with Crippen LogP contribution in [-0.4, -0.2) is 20.2 Å². The number of anilines is 1. The Morgan fingerprint density at radius 3 is 2.36 bits per heavy atom. The number of nitrogens with two attached hydrogens (primary N) is 1. The SMILES string of the molecule is Nc1nnnn1CC(C1CC1)C1CC1. The number of aromatic nitrogens is 4. The van der Waals surface area contributed by atoms with Crippen molar-refractivity contribution < 1.29 is 0 Å². The van der Waals surface area contributed by atoms with E-state index >= 15 is 0 Å². The molecular weight excluding hydrogens is 178 g/mol. The molecule has 0 saturated heterocycles. The van der Waals surface area contributed by atoms with Crippen LogP contribution in [0.4, 0.5) is 5.95 Å². The van der Waals surface area contributed by atoms with Crippen molar-refractivity contribution in [3.63, 3.8) is 0 Å². The van der Waals surface area contributed by atoms with Crippen molar-refractivity contribution in [1.82, 2.24) is 20.2 Å². The lowest BCUT2D eigenvalue weighted by atomic mass is 9.98. The molecule has 5 heteroatoms. The summed E-state index contributed by atoms with van der Waals surface area (Å²) in [6.45, 7) is 0.925. The molecule has 0 spiro atoms. The van der Waals surface area contributed by atoms with E-state index in [2.05, 4.69) is 15.5 Å². The highest BCUT2D eigenvalue weighted by molar-refractivity contribution is 5.10. The first-order valence-electron chi connectivity index (χ1n) is 5.36. The van der Waals surface area contributed by atoms with E-state index in [4.69, 9.17) is 5.73 Å². The normalized spacial score (nSPS) is 21.8. The minimum atomic E-state index is 0.455. The molecule has 0 amide bonds. The van der Waals surface area contributed by atoms with Gasteiger partial charge < -0.3 is 5.73 Å². The minimum Gasteiger partial charge on any atom is -0.367 e. The van der Waals surface area contributed by atoms with Gasteiger partial charge in [-0.1, -0.05) is 5.10 Å². The van der Waals surface area contributed by atoms with Gasteiger partial charge in [-0.2, -0.15) is 0 Å². The van der Waals surface area contributed by atoms with Crippen LogP contribution in [0.2, 0.25) is 0 Å². The van der Waals surface area contributed by atoms with Crippen molar-refractivity contribution in [1.29, 1.82) is 0 Å². The predicted octanol–water partition coefficient (Wildman–Crippen LogP) is 0.691. The average molecular weight is 193 g/mol. The Hall–Kier alpha value is -1.13. The first-order chi connectivity index (χ1) is 6.84. The van der Waals surface area contributed by atoms with Crippen LogP contribution < -0.4 is 5.73 Å². The number of rotatable bonds is 4. The molecule has 0 unspecified atom stereocenters. The second-order valence-corrected chi connectivity index (χ2v) is 4.56. The molecule has 1 heterocycles. The molecule has 0 radical (unpaired) electrons. The van der Waals surface area contributed by atoms with Crippen molar-refractivity contribution in [2.75, 3.05) is 5.73 Å². The minimum absolute atomic E-state index is 0.455. The number of hydrogen-bond acceptors (Lipinski definition) is 4. The van der Waals surface area contributed by atoms with Crippen molar-refractivity contribution in [2.45, 2.75) is 32.2 Å². The fourth-order valence-corrected chi connectivity index (χ4v) is 2.27. The van der Waals surface area contributed by atoms with Gasteiger partial charge >= 0.3 is 0 Å². The molecule has 2 aliphatic rings. The van der Waals surface area contributed by atoms with Crippen LogP contribution in [0.1, 0.15) is 25.7 Å². The third-order valence-corrected chi connectivity index (χ3v) is 3.40. The molecule has 0 aliphatic heterocycles. The maximum atomic E-state index is 5.66. The fraction of sp³-hybridized carbons (Fsp3) is 0.889. The van der Waals surface area contributed by atoms with E-state index in [0.717, 1.165) is 24.3 Å². The molecule has 0 bridgehead atoms. The first kappa shape index (κ1) is 8.20. The molecule has 2 fully saturated rings. The molecule has 1 aromatic heterocycles. The Bertz CT molecular complexity index is 314. The van der Waals surface area contributed by atoms with E-state index in [0.29, 0.717) is 5.95 Å². The molecule has 0 atom stereocenters. The first-order valence-corrected chi connectivity index (χ1v) is 5.36. The van der Waals surface area contributed by atoms with Gasteiger partial charge in [0.15, 0.2) is 0 Å². The molecule has 2 saturated carbocycles. The van der Waals surface area contributed by atoms with Crippen LogP contribution in [-0.2, 0) is 6.54 Å². The predicted molar refractivity (Wildman–Crippen MR) is 51.2 cm³/mol. The fourth-order valence-electron chi connectivity index (χ4n) is 2.27.